The number of hydrogen-bond donors (Lipinski definition) is 1. The summed E-state index contributed by atoms with van der Waals surface area (Å²) in [6.07, 6.45) is 3.54. The molecule has 0 spiro atoms. The van der Waals surface area contributed by atoms with Crippen LogP contribution in [0.3, 0.4) is 0 Å². The predicted molar refractivity (Wildman–Crippen MR) is 119 cm³/mol. The lowest BCUT2D eigenvalue weighted by Crippen LogP contribution is -2.47. The molecule has 1 aromatic heterocycles. The fraction of sp³-hybridized carbons (Fsp3) is 0.458. The van der Waals surface area contributed by atoms with E-state index < -0.39 is 17.3 Å². The summed E-state index contributed by atoms with van der Waals surface area (Å²) in [5, 5.41) is 9.48. The summed E-state index contributed by atoms with van der Waals surface area (Å²) in [6.45, 7) is 4.32. The zero-order valence-electron chi connectivity index (χ0n) is 18.6. The largest absolute Gasteiger partial charge is 0.487 e. The molecule has 0 aliphatic carbocycles. The van der Waals surface area contributed by atoms with Crippen LogP contribution in [-0.4, -0.2) is 59.4 Å². The number of nitrogens with zero attached hydrogens (tertiary/aromatic N) is 2. The van der Waals surface area contributed by atoms with Crippen LogP contribution in [0.5, 0.6) is 5.75 Å². The summed E-state index contributed by atoms with van der Waals surface area (Å²) in [5.41, 5.74) is 0.360. The van der Waals surface area contributed by atoms with Gasteiger partial charge in [0.25, 0.3) is 5.91 Å². The van der Waals surface area contributed by atoms with Crippen molar-refractivity contribution in [2.24, 2.45) is 0 Å². The minimum atomic E-state index is -0.739. The van der Waals surface area contributed by atoms with Gasteiger partial charge in [0.05, 0.1) is 25.9 Å². The van der Waals surface area contributed by atoms with Crippen LogP contribution in [0.25, 0.3) is 0 Å². The van der Waals surface area contributed by atoms with E-state index in [1.54, 1.807) is 11.5 Å². The highest BCUT2D eigenvalue weighted by molar-refractivity contribution is 5.98. The summed E-state index contributed by atoms with van der Waals surface area (Å²) in [7, 11) is 0. The summed E-state index contributed by atoms with van der Waals surface area (Å²) in [6, 6.07) is 9.52. The topological polar surface area (TPSA) is 98.1 Å². The molecule has 0 fully saturated rings. The molecule has 3 rings (SSSR count). The monoisotopic (exact) mass is 442 g/mol. The minimum absolute atomic E-state index is 0.111. The Hall–Kier alpha value is -3.13. The Balaban J connectivity index is 2.16. The quantitative estimate of drug-likeness (QED) is 0.448. The third-order valence-corrected chi connectivity index (χ3v) is 5.43. The standard InChI is InChI=1S/C24H30N2O6/c1-3-5-13-32-22-20-23(29)25(11-12-27)15-18(14-17-9-7-6-8-10-17)26(20)16-19(21(22)28)24(30)31-4-2/h6-10,16,18,27H,3-5,11-15H2,1-2H3/t18-/m0/s1. The zero-order chi connectivity index (χ0) is 23.1. The highest BCUT2D eigenvalue weighted by Gasteiger charge is 2.36. The molecule has 1 aliphatic heterocycles. The number of amides is 1. The van der Waals surface area contributed by atoms with Gasteiger partial charge in [-0.25, -0.2) is 4.79 Å². The number of pyridine rings is 1. The number of β-amino-alcohol motifs (C(OH)–C–C–N with tert-alkyl or cyclic N) is 1. The third kappa shape index (κ3) is 5.02. The van der Waals surface area contributed by atoms with E-state index in [2.05, 4.69) is 0 Å². The molecule has 0 radical (unpaired) electrons. The van der Waals surface area contributed by atoms with Gasteiger partial charge >= 0.3 is 5.97 Å². The van der Waals surface area contributed by atoms with E-state index >= 15 is 0 Å². The molecule has 1 aromatic carbocycles. The van der Waals surface area contributed by atoms with Crippen LogP contribution in [0.1, 0.15) is 59.1 Å². The summed E-state index contributed by atoms with van der Waals surface area (Å²) in [4.78, 5) is 40.5. The van der Waals surface area contributed by atoms with Crippen molar-refractivity contribution >= 4 is 11.9 Å². The Morgan fingerprint density at radius 2 is 1.94 bits per heavy atom. The van der Waals surface area contributed by atoms with E-state index in [0.29, 0.717) is 19.4 Å². The molecule has 1 amide bonds. The molecule has 8 nitrogen and oxygen atoms in total. The highest BCUT2D eigenvalue weighted by Crippen LogP contribution is 2.29. The van der Waals surface area contributed by atoms with Crippen LogP contribution >= 0.6 is 0 Å². The first kappa shape index (κ1) is 23.5. The summed E-state index contributed by atoms with van der Waals surface area (Å²) in [5.74, 6) is -1.27. The van der Waals surface area contributed by atoms with Crippen LogP contribution in [0.15, 0.2) is 41.3 Å². The molecule has 32 heavy (non-hydrogen) atoms. The van der Waals surface area contributed by atoms with E-state index in [1.807, 2.05) is 37.3 Å². The molecular formula is C24H30N2O6. The number of benzene rings is 1. The van der Waals surface area contributed by atoms with E-state index in [-0.39, 0.29) is 49.4 Å². The van der Waals surface area contributed by atoms with Gasteiger partial charge in [-0.05, 0) is 25.3 Å². The van der Waals surface area contributed by atoms with Crippen molar-refractivity contribution in [1.82, 2.24) is 9.47 Å². The second-order valence-corrected chi connectivity index (χ2v) is 7.70. The maximum atomic E-state index is 13.3. The number of aliphatic hydroxyl groups excluding tert-OH is 1. The van der Waals surface area contributed by atoms with Gasteiger partial charge in [-0.2, -0.15) is 0 Å². The van der Waals surface area contributed by atoms with E-state index in [4.69, 9.17) is 9.47 Å². The number of rotatable bonds is 10. The van der Waals surface area contributed by atoms with E-state index in [9.17, 15) is 19.5 Å². The molecule has 172 valence electrons. The molecule has 2 aromatic rings. The number of ether oxygens (including phenoxy) is 2. The number of unbranched alkanes of at least 4 members (excludes halogenated alkanes) is 1. The minimum Gasteiger partial charge on any atom is -0.487 e. The van der Waals surface area contributed by atoms with Gasteiger partial charge in [0.1, 0.15) is 5.56 Å². The molecule has 0 bridgehead atoms. The zero-order valence-corrected chi connectivity index (χ0v) is 18.6. The SMILES string of the molecule is CCCCOc1c2n(cc(C(=O)OCC)c1=O)[C@@H](Cc1ccccc1)CN(CCO)C2=O. The number of aliphatic hydroxyl groups is 1. The van der Waals surface area contributed by atoms with Crippen molar-refractivity contribution in [2.75, 3.05) is 32.9 Å². The van der Waals surface area contributed by atoms with E-state index in [0.717, 1.165) is 12.0 Å². The average Bonchev–Trinajstić information content (AvgIpc) is 2.79. The fourth-order valence-electron chi connectivity index (χ4n) is 3.85. The van der Waals surface area contributed by atoms with Crippen LogP contribution in [0.4, 0.5) is 0 Å². The maximum absolute atomic E-state index is 13.3. The Morgan fingerprint density at radius 1 is 1.19 bits per heavy atom. The second kappa shape index (κ2) is 10.9. The smallest absolute Gasteiger partial charge is 0.343 e. The average molecular weight is 443 g/mol. The Morgan fingerprint density at radius 3 is 2.59 bits per heavy atom. The Kier molecular flexibility index (Phi) is 8.05. The fourth-order valence-corrected chi connectivity index (χ4v) is 3.85. The molecule has 1 N–H and O–H groups in total. The predicted octanol–water partition coefficient (Wildman–Crippen LogP) is 2.44. The first-order chi connectivity index (χ1) is 15.5. The number of fused-ring (bicyclic) bond motifs is 1. The van der Waals surface area contributed by atoms with Crippen molar-refractivity contribution in [3.05, 3.63) is 63.6 Å². The molecule has 1 aliphatic rings. The maximum Gasteiger partial charge on any atom is 0.343 e. The van der Waals surface area contributed by atoms with Gasteiger partial charge in [-0.15, -0.1) is 0 Å². The lowest BCUT2D eigenvalue weighted by molar-refractivity contribution is 0.0515. The van der Waals surface area contributed by atoms with Crippen LogP contribution in [-0.2, 0) is 11.2 Å². The van der Waals surface area contributed by atoms with Gasteiger partial charge in [-0.3, -0.25) is 9.59 Å². The first-order valence-electron chi connectivity index (χ1n) is 11.0. The Bertz CT molecular complexity index is 1000. The van der Waals surface area contributed by atoms with Crippen molar-refractivity contribution < 1.29 is 24.2 Å². The summed E-state index contributed by atoms with van der Waals surface area (Å²) >= 11 is 0. The van der Waals surface area contributed by atoms with Gasteiger partial charge in [-0.1, -0.05) is 43.7 Å². The van der Waals surface area contributed by atoms with Crippen molar-refractivity contribution in [1.29, 1.82) is 0 Å². The van der Waals surface area contributed by atoms with Crippen LogP contribution in [0.2, 0.25) is 0 Å². The summed E-state index contributed by atoms with van der Waals surface area (Å²) < 4.78 is 12.6. The van der Waals surface area contributed by atoms with E-state index in [1.165, 1.54) is 11.1 Å². The van der Waals surface area contributed by atoms with Crippen molar-refractivity contribution in [3.8, 4) is 5.75 Å². The molecule has 2 heterocycles. The molecule has 8 heteroatoms. The normalized spacial score (nSPS) is 15.4. The number of esters is 1. The highest BCUT2D eigenvalue weighted by atomic mass is 16.5. The van der Waals surface area contributed by atoms with Gasteiger partial charge < -0.3 is 24.0 Å². The van der Waals surface area contributed by atoms with Gasteiger partial charge in [0, 0.05) is 19.3 Å². The molecule has 0 unspecified atom stereocenters. The molecule has 0 saturated carbocycles. The molecular weight excluding hydrogens is 412 g/mol. The molecule has 1 atom stereocenters. The van der Waals surface area contributed by atoms with Gasteiger partial charge in [0.15, 0.2) is 11.4 Å². The first-order valence-corrected chi connectivity index (χ1v) is 11.0. The van der Waals surface area contributed by atoms with Crippen LogP contribution < -0.4 is 10.2 Å². The number of hydrogen-bond acceptors (Lipinski definition) is 6. The third-order valence-electron chi connectivity index (χ3n) is 5.43. The number of carbonyl (C=O) groups excluding carboxylic acids is 2. The van der Waals surface area contributed by atoms with Crippen molar-refractivity contribution in [3.63, 3.8) is 0 Å². The lowest BCUT2D eigenvalue weighted by atomic mass is 10.0. The second-order valence-electron chi connectivity index (χ2n) is 7.70. The molecule has 0 saturated heterocycles. The van der Waals surface area contributed by atoms with Gasteiger partial charge in [0.2, 0.25) is 5.43 Å². The van der Waals surface area contributed by atoms with Crippen molar-refractivity contribution in [2.45, 2.75) is 39.2 Å². The lowest BCUT2D eigenvalue weighted by Gasteiger charge is -2.37. The Labute approximate surface area is 187 Å². The number of aromatic nitrogens is 1. The number of carbonyl (C=O) groups is 2. The van der Waals surface area contributed by atoms with Crippen LogP contribution in [0, 0.1) is 0 Å².